The van der Waals surface area contributed by atoms with E-state index in [0.717, 1.165) is 0 Å². The van der Waals surface area contributed by atoms with Crippen LogP contribution >= 0.6 is 0 Å². The minimum absolute atomic E-state index is 0.0278. The van der Waals surface area contributed by atoms with E-state index in [1.54, 1.807) is 6.92 Å². The number of allylic oxidation sites excluding steroid dienone is 2. The maximum Gasteiger partial charge on any atom is 0.0982 e. The van der Waals surface area contributed by atoms with Crippen LogP contribution in [0.3, 0.4) is 0 Å². The molecule has 0 saturated heterocycles. The predicted molar refractivity (Wildman–Crippen MR) is 29.7 cm³/mol. The van der Waals surface area contributed by atoms with E-state index in [0.29, 0.717) is 0 Å². The molecule has 0 bridgehead atoms. The summed E-state index contributed by atoms with van der Waals surface area (Å²) in [5.41, 5.74) is 0. The first-order valence-corrected chi connectivity index (χ1v) is 2.50. The highest BCUT2D eigenvalue weighted by molar-refractivity contribution is 4.90. The SMILES string of the molecule is C/C=C(/F)C(C)C. The number of hydrogen-bond donors (Lipinski definition) is 0. The quantitative estimate of drug-likeness (QED) is 0.477. The van der Waals surface area contributed by atoms with Crippen LogP contribution in [0.5, 0.6) is 0 Å². The third-order valence-electron chi connectivity index (χ3n) is 0.827. The molecule has 0 aromatic carbocycles. The minimum atomic E-state index is -0.0278. The van der Waals surface area contributed by atoms with Gasteiger partial charge >= 0.3 is 0 Å². The molecule has 0 unspecified atom stereocenters. The van der Waals surface area contributed by atoms with Gasteiger partial charge in [0.1, 0.15) is 0 Å². The molecule has 0 radical (unpaired) electrons. The Morgan fingerprint density at radius 2 is 2.00 bits per heavy atom. The molecular weight excluding hydrogens is 91.1 g/mol. The van der Waals surface area contributed by atoms with Crippen molar-refractivity contribution in [1.82, 2.24) is 0 Å². The van der Waals surface area contributed by atoms with Crippen LogP contribution in [0.1, 0.15) is 20.8 Å². The monoisotopic (exact) mass is 102 g/mol. The van der Waals surface area contributed by atoms with Gasteiger partial charge in [0.15, 0.2) is 0 Å². The van der Waals surface area contributed by atoms with Gasteiger partial charge in [-0.2, -0.15) is 0 Å². The van der Waals surface area contributed by atoms with Crippen molar-refractivity contribution in [3.63, 3.8) is 0 Å². The van der Waals surface area contributed by atoms with Gasteiger partial charge in [-0.05, 0) is 6.92 Å². The standard InChI is InChI=1S/C6H11F/c1-4-6(7)5(2)3/h4-5H,1-3H3/b6-4+. The number of rotatable bonds is 1. The molecule has 7 heavy (non-hydrogen) atoms. The molecule has 0 N–H and O–H groups in total. The van der Waals surface area contributed by atoms with Gasteiger partial charge in [-0.3, -0.25) is 0 Å². The minimum Gasteiger partial charge on any atom is -0.212 e. The fourth-order valence-corrected chi connectivity index (χ4v) is 0.333. The largest absolute Gasteiger partial charge is 0.212 e. The molecule has 0 aromatic rings. The second-order valence-electron chi connectivity index (χ2n) is 1.83. The zero-order valence-corrected chi connectivity index (χ0v) is 5.03. The number of halogens is 1. The van der Waals surface area contributed by atoms with Crippen molar-refractivity contribution in [1.29, 1.82) is 0 Å². The maximum atomic E-state index is 12.1. The van der Waals surface area contributed by atoms with Gasteiger partial charge in [-0.15, -0.1) is 0 Å². The van der Waals surface area contributed by atoms with Crippen molar-refractivity contribution in [2.24, 2.45) is 5.92 Å². The third-order valence-corrected chi connectivity index (χ3v) is 0.827. The lowest BCUT2D eigenvalue weighted by Gasteiger charge is -1.95. The molecule has 0 amide bonds. The van der Waals surface area contributed by atoms with Gasteiger partial charge < -0.3 is 0 Å². The third kappa shape index (κ3) is 2.38. The second-order valence-corrected chi connectivity index (χ2v) is 1.83. The lowest BCUT2D eigenvalue weighted by molar-refractivity contribution is 0.518. The highest BCUT2D eigenvalue weighted by Crippen LogP contribution is 2.08. The van der Waals surface area contributed by atoms with Gasteiger partial charge in [0.2, 0.25) is 0 Å². The zero-order valence-electron chi connectivity index (χ0n) is 5.03. The van der Waals surface area contributed by atoms with Crippen LogP contribution in [0.15, 0.2) is 11.9 Å². The van der Waals surface area contributed by atoms with Gasteiger partial charge in [0.05, 0.1) is 5.83 Å². The van der Waals surface area contributed by atoms with Crippen molar-refractivity contribution in [3.05, 3.63) is 11.9 Å². The normalized spacial score (nSPS) is 13.0. The van der Waals surface area contributed by atoms with E-state index in [4.69, 9.17) is 0 Å². The van der Waals surface area contributed by atoms with Crippen LogP contribution in [0, 0.1) is 5.92 Å². The van der Waals surface area contributed by atoms with E-state index in [1.165, 1.54) is 6.08 Å². The Bertz CT molecular complexity index is 72.2. The van der Waals surface area contributed by atoms with Gasteiger partial charge in [-0.25, -0.2) is 4.39 Å². The average Bonchev–Trinajstić information content (AvgIpc) is 1.65. The molecule has 0 rings (SSSR count). The highest BCUT2D eigenvalue weighted by atomic mass is 19.1. The van der Waals surface area contributed by atoms with Crippen LogP contribution in [-0.4, -0.2) is 0 Å². The Balaban J connectivity index is 3.56. The summed E-state index contributed by atoms with van der Waals surface area (Å²) in [5, 5.41) is 0. The lowest BCUT2D eigenvalue weighted by atomic mass is 10.2. The molecule has 0 spiro atoms. The first-order valence-electron chi connectivity index (χ1n) is 2.50. The Morgan fingerprint density at radius 3 is 2.00 bits per heavy atom. The Kier molecular flexibility index (Phi) is 2.65. The van der Waals surface area contributed by atoms with Crippen molar-refractivity contribution < 1.29 is 4.39 Å². The molecule has 0 fully saturated rings. The van der Waals surface area contributed by atoms with Crippen molar-refractivity contribution in [3.8, 4) is 0 Å². The van der Waals surface area contributed by atoms with E-state index in [1.807, 2.05) is 13.8 Å². The first kappa shape index (κ1) is 6.67. The molecule has 0 saturated carbocycles. The van der Waals surface area contributed by atoms with Crippen molar-refractivity contribution in [2.75, 3.05) is 0 Å². The van der Waals surface area contributed by atoms with Crippen LogP contribution in [-0.2, 0) is 0 Å². The van der Waals surface area contributed by atoms with Crippen LogP contribution < -0.4 is 0 Å². The molecule has 42 valence electrons. The Hall–Kier alpha value is -0.330. The molecule has 0 aliphatic carbocycles. The van der Waals surface area contributed by atoms with Gasteiger partial charge in [-0.1, -0.05) is 19.9 Å². The molecule has 0 heterocycles. The Labute approximate surface area is 44.0 Å². The molecule has 0 aliphatic heterocycles. The molecular formula is C6H11F. The fraction of sp³-hybridized carbons (Fsp3) is 0.667. The summed E-state index contributed by atoms with van der Waals surface area (Å²) in [4.78, 5) is 0. The summed E-state index contributed by atoms with van der Waals surface area (Å²) in [6.07, 6.45) is 1.49. The molecule has 0 atom stereocenters. The van der Waals surface area contributed by atoms with Gasteiger partial charge in [0.25, 0.3) is 0 Å². The van der Waals surface area contributed by atoms with Crippen LogP contribution in [0.4, 0.5) is 4.39 Å². The van der Waals surface area contributed by atoms with Crippen LogP contribution in [0.25, 0.3) is 0 Å². The summed E-state index contributed by atoms with van der Waals surface area (Å²) in [6.45, 7) is 5.36. The first-order chi connectivity index (χ1) is 3.18. The molecule has 0 aliphatic rings. The van der Waals surface area contributed by atoms with E-state index in [-0.39, 0.29) is 11.7 Å². The van der Waals surface area contributed by atoms with Crippen molar-refractivity contribution in [2.45, 2.75) is 20.8 Å². The maximum absolute atomic E-state index is 12.1. The van der Waals surface area contributed by atoms with E-state index < -0.39 is 0 Å². The molecule has 0 aromatic heterocycles. The van der Waals surface area contributed by atoms with E-state index in [2.05, 4.69) is 0 Å². The number of hydrogen-bond acceptors (Lipinski definition) is 0. The topological polar surface area (TPSA) is 0 Å². The second kappa shape index (κ2) is 2.78. The summed E-state index contributed by atoms with van der Waals surface area (Å²) in [6, 6.07) is 0. The van der Waals surface area contributed by atoms with Crippen molar-refractivity contribution >= 4 is 0 Å². The summed E-state index contributed by atoms with van der Waals surface area (Å²) in [7, 11) is 0. The summed E-state index contributed by atoms with van der Waals surface area (Å²) in [5.74, 6) is 0.0324. The summed E-state index contributed by atoms with van der Waals surface area (Å²) >= 11 is 0. The highest BCUT2D eigenvalue weighted by Gasteiger charge is 1.95. The molecule has 0 nitrogen and oxygen atoms in total. The summed E-state index contributed by atoms with van der Waals surface area (Å²) < 4.78 is 12.1. The van der Waals surface area contributed by atoms with E-state index in [9.17, 15) is 4.39 Å². The van der Waals surface area contributed by atoms with Crippen LogP contribution in [0.2, 0.25) is 0 Å². The smallest absolute Gasteiger partial charge is 0.0982 e. The zero-order chi connectivity index (χ0) is 5.86. The average molecular weight is 102 g/mol. The lowest BCUT2D eigenvalue weighted by Crippen LogP contribution is -1.83. The fourth-order valence-electron chi connectivity index (χ4n) is 0.333. The molecule has 1 heteroatoms. The predicted octanol–water partition coefficient (Wildman–Crippen LogP) is 2.52. The van der Waals surface area contributed by atoms with E-state index >= 15 is 0 Å². The Morgan fingerprint density at radius 1 is 1.57 bits per heavy atom. The van der Waals surface area contributed by atoms with Gasteiger partial charge in [0, 0.05) is 5.92 Å².